The van der Waals surface area contributed by atoms with Crippen molar-refractivity contribution < 1.29 is 53.8 Å². The molecule has 1 heterocycles. The maximum absolute atomic E-state index is 12.8. The largest absolute Gasteiger partial charge is 0.479 e. The van der Waals surface area contributed by atoms with E-state index in [0.717, 1.165) is 77.0 Å². The summed E-state index contributed by atoms with van der Waals surface area (Å²) in [5.74, 6) is -2.47. The Bertz CT molecular complexity index is 1200. The van der Waals surface area contributed by atoms with Gasteiger partial charge in [-0.05, 0) is 77.0 Å². The van der Waals surface area contributed by atoms with Gasteiger partial charge in [-0.3, -0.25) is 9.59 Å². The summed E-state index contributed by atoms with van der Waals surface area (Å²) in [5.41, 5.74) is 0. The average Bonchev–Trinajstić information content (AvgIpc) is 3.24. The highest BCUT2D eigenvalue weighted by atomic mass is 16.7. The predicted molar refractivity (Wildman–Crippen MR) is 243 cm³/mol. The molecule has 0 spiro atoms. The zero-order valence-corrected chi connectivity index (χ0v) is 38.1. The number of hydrogen-bond donors (Lipinski definition) is 4. The molecule has 1 rings (SSSR count). The molecule has 0 aromatic rings. The highest BCUT2D eigenvalue weighted by Crippen LogP contribution is 2.23. The minimum Gasteiger partial charge on any atom is -0.479 e. The highest BCUT2D eigenvalue weighted by molar-refractivity contribution is 5.73. The molecule has 0 aliphatic carbocycles. The molecule has 61 heavy (non-hydrogen) atoms. The monoisotopic (exact) mass is 863 g/mol. The summed E-state index contributed by atoms with van der Waals surface area (Å²) in [5, 5.41) is 39.9. The van der Waals surface area contributed by atoms with E-state index in [4.69, 9.17) is 18.9 Å². The molecule has 1 aliphatic heterocycles. The van der Waals surface area contributed by atoms with Crippen LogP contribution in [0.3, 0.4) is 0 Å². The Labute approximate surface area is 369 Å². The Morgan fingerprint density at radius 1 is 0.508 bits per heavy atom. The quantitative estimate of drug-likeness (QED) is 0.0263. The first-order valence-corrected chi connectivity index (χ1v) is 24.2. The normalized spacial score (nSPS) is 20.0. The summed E-state index contributed by atoms with van der Waals surface area (Å²) < 4.78 is 21.8. The number of unbranched alkanes of at least 4 members (excludes halogenated alkanes) is 21. The number of aliphatic hydroxyl groups excluding tert-OH is 3. The lowest BCUT2D eigenvalue weighted by molar-refractivity contribution is -0.298. The second kappa shape index (κ2) is 40.0. The number of carboxylic acids is 1. The van der Waals surface area contributed by atoms with Crippen molar-refractivity contribution in [2.75, 3.05) is 13.2 Å². The fraction of sp³-hybridized carbons (Fsp3) is 0.780. The van der Waals surface area contributed by atoms with Crippen molar-refractivity contribution in [3.8, 4) is 0 Å². The van der Waals surface area contributed by atoms with Gasteiger partial charge in [0.05, 0.1) is 6.61 Å². The first-order valence-electron chi connectivity index (χ1n) is 24.2. The van der Waals surface area contributed by atoms with Crippen molar-refractivity contribution in [1.29, 1.82) is 0 Å². The van der Waals surface area contributed by atoms with Crippen LogP contribution in [0.25, 0.3) is 0 Å². The van der Waals surface area contributed by atoms with E-state index in [1.54, 1.807) is 0 Å². The number of carbonyl (C=O) groups excluding carboxylic acids is 2. The molecule has 0 bridgehead atoms. The van der Waals surface area contributed by atoms with E-state index in [1.165, 1.54) is 83.5 Å². The zero-order valence-electron chi connectivity index (χ0n) is 38.1. The predicted octanol–water partition coefficient (Wildman–Crippen LogP) is 10.9. The lowest BCUT2D eigenvalue weighted by Gasteiger charge is -2.38. The van der Waals surface area contributed by atoms with Crippen molar-refractivity contribution in [3.63, 3.8) is 0 Å². The summed E-state index contributed by atoms with van der Waals surface area (Å²) in [6.07, 6.45) is 38.7. The van der Waals surface area contributed by atoms with Gasteiger partial charge in [0, 0.05) is 12.8 Å². The third-order valence-corrected chi connectivity index (χ3v) is 10.9. The molecular weight excluding hydrogens is 777 g/mol. The van der Waals surface area contributed by atoms with Crippen LogP contribution in [0.4, 0.5) is 0 Å². The SMILES string of the molecule is CCCCC/C=C\C/C=C\CCCCCCCCCCCC(=O)OCC(COC1OC(C(=O)O)C(O)C(O)C1O)OC(=O)CCCCCCC/C=C\C/C=C\CCCCCC. The van der Waals surface area contributed by atoms with Gasteiger partial charge < -0.3 is 39.4 Å². The molecule has 352 valence electrons. The molecule has 11 nitrogen and oxygen atoms in total. The molecule has 0 saturated carbocycles. The molecular formula is C50H86O11. The second-order valence-corrected chi connectivity index (χ2v) is 16.6. The molecule has 1 saturated heterocycles. The zero-order chi connectivity index (χ0) is 44.6. The Kier molecular flexibility index (Phi) is 36.8. The summed E-state index contributed by atoms with van der Waals surface area (Å²) in [7, 11) is 0. The van der Waals surface area contributed by atoms with Crippen LogP contribution in [0.5, 0.6) is 0 Å². The van der Waals surface area contributed by atoms with E-state index < -0.39 is 61.3 Å². The Hall–Kier alpha value is -2.83. The van der Waals surface area contributed by atoms with E-state index in [1.807, 2.05) is 0 Å². The summed E-state index contributed by atoms with van der Waals surface area (Å²) in [6, 6.07) is 0. The van der Waals surface area contributed by atoms with E-state index in [0.29, 0.717) is 12.8 Å². The Morgan fingerprint density at radius 2 is 0.918 bits per heavy atom. The van der Waals surface area contributed by atoms with Gasteiger partial charge in [-0.2, -0.15) is 0 Å². The number of rotatable bonds is 40. The van der Waals surface area contributed by atoms with Crippen LogP contribution in [0.15, 0.2) is 48.6 Å². The van der Waals surface area contributed by atoms with Crippen molar-refractivity contribution >= 4 is 17.9 Å². The average molecular weight is 863 g/mol. The third-order valence-electron chi connectivity index (χ3n) is 10.9. The maximum atomic E-state index is 12.8. The van der Waals surface area contributed by atoms with Crippen LogP contribution >= 0.6 is 0 Å². The second-order valence-electron chi connectivity index (χ2n) is 16.6. The molecule has 11 heteroatoms. The van der Waals surface area contributed by atoms with E-state index >= 15 is 0 Å². The third kappa shape index (κ3) is 31.6. The minimum atomic E-state index is -1.86. The van der Waals surface area contributed by atoms with Crippen LogP contribution in [0.2, 0.25) is 0 Å². The molecule has 6 atom stereocenters. The number of hydrogen-bond acceptors (Lipinski definition) is 10. The van der Waals surface area contributed by atoms with Crippen molar-refractivity contribution in [2.24, 2.45) is 0 Å². The van der Waals surface area contributed by atoms with Crippen molar-refractivity contribution in [3.05, 3.63) is 48.6 Å². The number of aliphatic carboxylic acids is 1. The van der Waals surface area contributed by atoms with E-state index in [9.17, 15) is 34.8 Å². The van der Waals surface area contributed by atoms with Gasteiger partial charge >= 0.3 is 17.9 Å². The van der Waals surface area contributed by atoms with Crippen LogP contribution in [0, 0.1) is 0 Å². The lowest BCUT2D eigenvalue weighted by atomic mass is 9.99. The number of carboxylic acid groups (broad SMARTS) is 1. The van der Waals surface area contributed by atoms with Gasteiger partial charge in [-0.25, -0.2) is 4.79 Å². The first-order chi connectivity index (χ1) is 29.7. The number of carbonyl (C=O) groups is 3. The standard InChI is InChI=1S/C50H86O11/c1-3-5-7-9-11-13-15-17-19-21-22-23-25-26-28-30-32-34-36-38-43(51)58-40-42(41-59-50-47(55)45(53)46(54)48(61-50)49(56)57)60-44(52)39-37-35-33-31-29-27-24-20-18-16-14-12-10-8-6-4-2/h11,13-14,16-17,19-20,24,42,45-48,50,53-55H,3-10,12,15,18,21-23,25-41H2,1-2H3,(H,56,57)/b13-11-,16-14-,19-17-,24-20-. The van der Waals surface area contributed by atoms with Gasteiger partial charge in [-0.15, -0.1) is 0 Å². The molecule has 0 aromatic heterocycles. The first kappa shape index (κ1) is 56.2. The number of aliphatic hydroxyl groups is 3. The number of allylic oxidation sites excluding steroid dienone is 8. The van der Waals surface area contributed by atoms with E-state index in [2.05, 4.69) is 62.5 Å². The Balaban J connectivity index is 2.34. The molecule has 4 N–H and O–H groups in total. The summed E-state index contributed by atoms with van der Waals surface area (Å²) in [6.45, 7) is 3.76. The van der Waals surface area contributed by atoms with Gasteiger partial charge in [0.15, 0.2) is 18.5 Å². The Morgan fingerprint density at radius 3 is 1.39 bits per heavy atom. The van der Waals surface area contributed by atoms with Crippen LogP contribution in [-0.2, 0) is 33.3 Å². The molecule has 0 amide bonds. The van der Waals surface area contributed by atoms with Gasteiger partial charge in [0.1, 0.15) is 24.9 Å². The molecule has 0 aromatic carbocycles. The van der Waals surface area contributed by atoms with Crippen molar-refractivity contribution in [1.82, 2.24) is 0 Å². The van der Waals surface area contributed by atoms with Gasteiger partial charge in [0.2, 0.25) is 0 Å². The van der Waals surface area contributed by atoms with Crippen LogP contribution in [-0.4, -0.2) is 88.4 Å². The van der Waals surface area contributed by atoms with Gasteiger partial charge in [0.25, 0.3) is 0 Å². The molecule has 6 unspecified atom stereocenters. The topological polar surface area (TPSA) is 169 Å². The molecule has 0 radical (unpaired) electrons. The summed E-state index contributed by atoms with van der Waals surface area (Å²) >= 11 is 0. The van der Waals surface area contributed by atoms with Crippen molar-refractivity contribution in [2.45, 2.75) is 237 Å². The minimum absolute atomic E-state index is 0.165. The molecule has 1 aliphatic rings. The molecule has 1 fully saturated rings. The maximum Gasteiger partial charge on any atom is 0.335 e. The number of esters is 2. The van der Waals surface area contributed by atoms with Crippen LogP contribution in [0.1, 0.15) is 200 Å². The fourth-order valence-electron chi connectivity index (χ4n) is 7.06. The van der Waals surface area contributed by atoms with Gasteiger partial charge in [-0.1, -0.05) is 159 Å². The smallest absolute Gasteiger partial charge is 0.335 e. The lowest BCUT2D eigenvalue weighted by Crippen LogP contribution is -2.60. The van der Waals surface area contributed by atoms with Crippen LogP contribution < -0.4 is 0 Å². The highest BCUT2D eigenvalue weighted by Gasteiger charge is 2.47. The van der Waals surface area contributed by atoms with E-state index in [-0.39, 0.29) is 19.4 Å². The number of ether oxygens (including phenoxy) is 4. The fourth-order valence-corrected chi connectivity index (χ4v) is 7.06. The summed E-state index contributed by atoms with van der Waals surface area (Å²) in [4.78, 5) is 36.9.